The van der Waals surface area contributed by atoms with Gasteiger partial charge in [0.05, 0.1) is 38.1 Å². The first-order valence-corrected chi connectivity index (χ1v) is 14.2. The van der Waals surface area contributed by atoms with Gasteiger partial charge in [0.1, 0.15) is 0 Å². The quantitative estimate of drug-likeness (QED) is 0.358. The number of fused-ring (bicyclic) bond motifs is 2. The molecule has 2 aliphatic rings. The summed E-state index contributed by atoms with van der Waals surface area (Å²) in [4.78, 5) is 52.1. The summed E-state index contributed by atoms with van der Waals surface area (Å²) in [5.41, 5.74) is 3.29. The monoisotopic (exact) mass is 550 g/mol. The van der Waals surface area contributed by atoms with Gasteiger partial charge in [0.15, 0.2) is 0 Å². The number of hydrogen-bond acceptors (Lipinski definition) is 6. The molecule has 0 saturated carbocycles. The molecule has 2 aliphatic heterocycles. The summed E-state index contributed by atoms with van der Waals surface area (Å²) in [5, 5.41) is 0. The third-order valence-corrected chi connectivity index (χ3v) is 6.83. The zero-order valence-corrected chi connectivity index (χ0v) is 24.5. The summed E-state index contributed by atoms with van der Waals surface area (Å²) in [6.07, 6.45) is 0.451. The van der Waals surface area contributed by atoms with Crippen molar-refractivity contribution in [1.29, 1.82) is 0 Å². The largest absolute Gasteiger partial charge is 0.466 e. The Bertz CT molecular complexity index is 1110. The average Bonchev–Trinajstić information content (AvgIpc) is 3.31. The highest BCUT2D eigenvalue weighted by Gasteiger charge is 2.39. The van der Waals surface area contributed by atoms with Crippen LogP contribution in [-0.4, -0.2) is 59.9 Å². The van der Waals surface area contributed by atoms with Crippen LogP contribution < -0.4 is 0 Å². The van der Waals surface area contributed by atoms with Crippen molar-refractivity contribution < 1.29 is 28.7 Å². The van der Waals surface area contributed by atoms with Gasteiger partial charge in [0, 0.05) is 24.2 Å². The number of amides is 2. The van der Waals surface area contributed by atoms with Crippen LogP contribution in [0, 0.1) is 11.8 Å². The lowest BCUT2D eigenvalue weighted by atomic mass is 10.0. The summed E-state index contributed by atoms with van der Waals surface area (Å²) in [6.45, 7) is 13.9. The number of carbonyl (C=O) groups excluding carboxylic acids is 4. The number of hydrogen-bond donors (Lipinski definition) is 0. The van der Waals surface area contributed by atoms with Gasteiger partial charge in [-0.3, -0.25) is 19.2 Å². The topological polar surface area (TPSA) is 93.2 Å². The standard InChI is InChI=1S/2C16H21NO3/c2*1-4-20-15(18)9-14-12-7-5-6-8-13(12)16(19)17(14)10-11(2)3/h2*5-8,11,14H,4,9-10H2,1-3H3. The first-order valence-electron chi connectivity index (χ1n) is 14.2. The lowest BCUT2D eigenvalue weighted by molar-refractivity contribution is -0.145. The van der Waals surface area contributed by atoms with E-state index in [2.05, 4.69) is 27.7 Å². The van der Waals surface area contributed by atoms with Crippen molar-refractivity contribution >= 4 is 23.8 Å². The molecular weight excluding hydrogens is 508 g/mol. The molecule has 40 heavy (non-hydrogen) atoms. The molecule has 0 aromatic heterocycles. The molecule has 2 unspecified atom stereocenters. The second kappa shape index (κ2) is 14.1. The number of carbonyl (C=O) groups is 4. The van der Waals surface area contributed by atoms with Crippen molar-refractivity contribution in [3.8, 4) is 0 Å². The smallest absolute Gasteiger partial charge is 0.308 e. The van der Waals surface area contributed by atoms with E-state index in [1.807, 2.05) is 48.5 Å². The van der Waals surface area contributed by atoms with E-state index in [4.69, 9.17) is 9.47 Å². The Morgan fingerprint density at radius 3 is 1.35 bits per heavy atom. The van der Waals surface area contributed by atoms with Crippen LogP contribution in [0.25, 0.3) is 0 Å². The number of esters is 2. The van der Waals surface area contributed by atoms with Crippen LogP contribution in [0.15, 0.2) is 48.5 Å². The van der Waals surface area contributed by atoms with Crippen molar-refractivity contribution in [2.45, 2.75) is 66.5 Å². The predicted octanol–water partition coefficient (Wildman–Crippen LogP) is 5.59. The van der Waals surface area contributed by atoms with E-state index in [1.54, 1.807) is 23.6 Å². The molecular formula is C32H42N2O6. The van der Waals surface area contributed by atoms with Gasteiger partial charge < -0.3 is 19.3 Å². The zero-order valence-electron chi connectivity index (χ0n) is 24.5. The van der Waals surface area contributed by atoms with Crippen LogP contribution in [0.2, 0.25) is 0 Å². The van der Waals surface area contributed by atoms with Gasteiger partial charge in [-0.25, -0.2) is 0 Å². The third-order valence-electron chi connectivity index (χ3n) is 6.83. The van der Waals surface area contributed by atoms with Gasteiger partial charge in [-0.05, 0) is 48.9 Å². The summed E-state index contributed by atoms with van der Waals surface area (Å²) >= 11 is 0. The molecule has 0 saturated heterocycles. The fourth-order valence-electron chi connectivity index (χ4n) is 5.30. The molecule has 0 spiro atoms. The molecule has 0 radical (unpaired) electrons. The fraction of sp³-hybridized carbons (Fsp3) is 0.500. The second-order valence-corrected chi connectivity index (χ2v) is 10.9. The number of benzene rings is 2. The third kappa shape index (κ3) is 7.29. The Balaban J connectivity index is 0.000000220. The molecule has 4 rings (SSSR count). The minimum absolute atomic E-state index is 0.0172. The first-order chi connectivity index (χ1) is 19.1. The Labute approximate surface area is 237 Å². The highest BCUT2D eigenvalue weighted by molar-refractivity contribution is 6.00. The molecule has 2 aromatic rings. The Morgan fingerprint density at radius 2 is 1.02 bits per heavy atom. The van der Waals surface area contributed by atoms with E-state index in [0.717, 1.165) is 11.1 Å². The molecule has 2 heterocycles. The first kappa shape index (κ1) is 30.9. The van der Waals surface area contributed by atoms with Crippen molar-refractivity contribution in [1.82, 2.24) is 9.80 Å². The lowest BCUT2D eigenvalue weighted by Gasteiger charge is -2.26. The number of rotatable bonds is 10. The molecule has 0 bridgehead atoms. The van der Waals surface area contributed by atoms with Crippen molar-refractivity contribution in [3.05, 3.63) is 70.8 Å². The van der Waals surface area contributed by atoms with Gasteiger partial charge in [0.2, 0.25) is 0 Å². The SMILES string of the molecule is CCOC(=O)CC1c2ccccc2C(=O)N1CC(C)C.CCOC(=O)CC1c2ccccc2C(=O)N1CC(C)C. The molecule has 0 aliphatic carbocycles. The minimum atomic E-state index is -0.254. The van der Waals surface area contributed by atoms with Gasteiger partial charge in [-0.2, -0.15) is 0 Å². The predicted molar refractivity (Wildman–Crippen MR) is 153 cm³/mol. The van der Waals surface area contributed by atoms with E-state index < -0.39 is 0 Å². The van der Waals surface area contributed by atoms with Gasteiger partial charge in [-0.1, -0.05) is 64.1 Å². The Morgan fingerprint density at radius 1 is 0.675 bits per heavy atom. The van der Waals surface area contributed by atoms with Crippen LogP contribution in [0.4, 0.5) is 0 Å². The van der Waals surface area contributed by atoms with Gasteiger partial charge in [-0.15, -0.1) is 0 Å². The van der Waals surface area contributed by atoms with E-state index in [0.29, 0.717) is 49.3 Å². The number of nitrogens with zero attached hydrogens (tertiary/aromatic N) is 2. The molecule has 8 nitrogen and oxygen atoms in total. The van der Waals surface area contributed by atoms with Gasteiger partial charge >= 0.3 is 11.9 Å². The van der Waals surface area contributed by atoms with Crippen LogP contribution in [0.5, 0.6) is 0 Å². The number of ether oxygens (including phenoxy) is 2. The molecule has 8 heteroatoms. The van der Waals surface area contributed by atoms with E-state index in [9.17, 15) is 19.2 Å². The maximum Gasteiger partial charge on any atom is 0.308 e. The summed E-state index contributed by atoms with van der Waals surface area (Å²) in [7, 11) is 0. The normalized spacial score (nSPS) is 17.5. The van der Waals surface area contributed by atoms with Gasteiger partial charge in [0.25, 0.3) is 11.8 Å². The zero-order chi connectivity index (χ0) is 29.4. The molecule has 0 fully saturated rings. The summed E-state index contributed by atoms with van der Waals surface area (Å²) in [5.74, 6) is 0.245. The second-order valence-electron chi connectivity index (χ2n) is 10.9. The Kier molecular flexibility index (Phi) is 10.9. The maximum atomic E-state index is 12.5. The van der Waals surface area contributed by atoms with E-state index >= 15 is 0 Å². The summed E-state index contributed by atoms with van der Waals surface area (Å²) < 4.78 is 10.1. The van der Waals surface area contributed by atoms with Crippen LogP contribution in [0.1, 0.15) is 98.3 Å². The lowest BCUT2D eigenvalue weighted by Crippen LogP contribution is -2.33. The molecule has 0 N–H and O–H groups in total. The van der Waals surface area contributed by atoms with Crippen molar-refractivity contribution in [2.75, 3.05) is 26.3 Å². The van der Waals surface area contributed by atoms with Crippen LogP contribution in [0.3, 0.4) is 0 Å². The van der Waals surface area contributed by atoms with Crippen LogP contribution >= 0.6 is 0 Å². The summed E-state index contributed by atoms with van der Waals surface area (Å²) in [6, 6.07) is 14.7. The molecule has 2 aromatic carbocycles. The van der Waals surface area contributed by atoms with Crippen LogP contribution in [-0.2, 0) is 19.1 Å². The average molecular weight is 551 g/mol. The minimum Gasteiger partial charge on any atom is -0.466 e. The molecule has 2 amide bonds. The maximum absolute atomic E-state index is 12.5. The van der Waals surface area contributed by atoms with Crippen molar-refractivity contribution in [2.24, 2.45) is 11.8 Å². The molecule has 2 atom stereocenters. The van der Waals surface area contributed by atoms with Crippen molar-refractivity contribution in [3.63, 3.8) is 0 Å². The van der Waals surface area contributed by atoms with E-state index in [1.165, 1.54) is 0 Å². The van der Waals surface area contributed by atoms with E-state index in [-0.39, 0.29) is 48.7 Å². The highest BCUT2D eigenvalue weighted by Crippen LogP contribution is 2.37. The Hall–Kier alpha value is -3.68. The molecule has 216 valence electrons. The fourth-order valence-corrected chi connectivity index (χ4v) is 5.30. The highest BCUT2D eigenvalue weighted by atomic mass is 16.5.